The number of carbonyl (C=O) groups excluding carboxylic acids is 1. The van der Waals surface area contributed by atoms with Gasteiger partial charge in [0.1, 0.15) is 11.8 Å². The molecule has 1 atom stereocenters. The van der Waals surface area contributed by atoms with E-state index < -0.39 is 0 Å². The highest BCUT2D eigenvalue weighted by Gasteiger charge is 2.19. The second-order valence-electron chi connectivity index (χ2n) is 6.52. The molecule has 0 bridgehead atoms. The zero-order chi connectivity index (χ0) is 16.2. The van der Waals surface area contributed by atoms with Crippen molar-refractivity contribution >= 4 is 17.3 Å². The molecule has 0 aromatic heterocycles. The lowest BCUT2D eigenvalue weighted by Gasteiger charge is -2.24. The lowest BCUT2D eigenvalue weighted by Crippen LogP contribution is -2.47. The quantitative estimate of drug-likeness (QED) is 0.730. The molecule has 0 saturated heterocycles. The van der Waals surface area contributed by atoms with Gasteiger partial charge in [-0.25, -0.2) is 0 Å². The number of hydrogen-bond donors (Lipinski definition) is 3. The summed E-state index contributed by atoms with van der Waals surface area (Å²) >= 11 is 0. The molecule has 0 radical (unpaired) electrons. The van der Waals surface area contributed by atoms with Crippen molar-refractivity contribution in [1.29, 1.82) is 0 Å². The number of rotatable bonds is 5. The van der Waals surface area contributed by atoms with Gasteiger partial charge in [0.05, 0.1) is 11.8 Å². The maximum absolute atomic E-state index is 12.1. The van der Waals surface area contributed by atoms with E-state index in [1.807, 2.05) is 53.7 Å². The van der Waals surface area contributed by atoms with E-state index in [1.165, 1.54) is 0 Å². The monoisotopic (exact) mass is 293 g/mol. The molecule has 0 heterocycles. The van der Waals surface area contributed by atoms with Gasteiger partial charge in [-0.2, -0.15) is 0 Å². The Balaban J connectivity index is 2.76. The largest absolute Gasteiger partial charge is 0.489 e. The van der Waals surface area contributed by atoms with E-state index in [1.54, 1.807) is 6.07 Å². The van der Waals surface area contributed by atoms with Gasteiger partial charge in [-0.15, -0.1) is 0 Å². The maximum atomic E-state index is 12.1. The van der Waals surface area contributed by atoms with Crippen LogP contribution >= 0.6 is 0 Å². The standard InChI is InChI=1S/C16H27N3O2/c1-10(2)21-14-9-12(7-8-13(14)17)18-11(3)15(20)19-16(4,5)6/h7-11,18H,17H2,1-6H3,(H,19,20). The molecule has 0 aliphatic carbocycles. The Bertz CT molecular complexity index is 493. The van der Waals surface area contributed by atoms with E-state index in [9.17, 15) is 4.79 Å². The second kappa shape index (κ2) is 6.70. The van der Waals surface area contributed by atoms with E-state index in [0.29, 0.717) is 11.4 Å². The fourth-order valence-electron chi connectivity index (χ4n) is 1.77. The smallest absolute Gasteiger partial charge is 0.242 e. The molecule has 0 aliphatic heterocycles. The molecule has 1 amide bonds. The first-order valence-electron chi connectivity index (χ1n) is 7.23. The topological polar surface area (TPSA) is 76.4 Å². The molecular weight excluding hydrogens is 266 g/mol. The molecule has 1 unspecified atom stereocenters. The fourth-order valence-corrected chi connectivity index (χ4v) is 1.77. The minimum atomic E-state index is -0.347. The van der Waals surface area contributed by atoms with Gasteiger partial charge in [0.25, 0.3) is 0 Å². The number of ether oxygens (including phenoxy) is 1. The predicted molar refractivity (Wildman–Crippen MR) is 87.6 cm³/mol. The van der Waals surface area contributed by atoms with Crippen molar-refractivity contribution in [3.63, 3.8) is 0 Å². The summed E-state index contributed by atoms with van der Waals surface area (Å²) in [7, 11) is 0. The molecule has 0 spiro atoms. The summed E-state index contributed by atoms with van der Waals surface area (Å²) in [6.45, 7) is 11.6. The van der Waals surface area contributed by atoms with Gasteiger partial charge in [-0.3, -0.25) is 4.79 Å². The number of amides is 1. The van der Waals surface area contributed by atoms with Crippen LogP contribution in [0.3, 0.4) is 0 Å². The van der Waals surface area contributed by atoms with Crippen molar-refractivity contribution in [2.24, 2.45) is 0 Å². The Kier molecular flexibility index (Phi) is 5.47. The number of nitrogens with two attached hydrogens (primary N) is 1. The van der Waals surface area contributed by atoms with E-state index in [2.05, 4.69) is 10.6 Å². The van der Waals surface area contributed by atoms with Crippen molar-refractivity contribution in [1.82, 2.24) is 5.32 Å². The molecule has 5 nitrogen and oxygen atoms in total. The third kappa shape index (κ3) is 5.94. The number of anilines is 2. The zero-order valence-corrected chi connectivity index (χ0v) is 13.8. The van der Waals surface area contributed by atoms with Crippen LogP contribution in [0.15, 0.2) is 18.2 Å². The number of carbonyl (C=O) groups is 1. The Morgan fingerprint density at radius 1 is 1.24 bits per heavy atom. The van der Waals surface area contributed by atoms with Crippen molar-refractivity contribution in [2.45, 2.75) is 59.2 Å². The predicted octanol–water partition coefficient (Wildman–Crippen LogP) is 2.77. The average molecular weight is 293 g/mol. The molecule has 1 aromatic rings. The van der Waals surface area contributed by atoms with Crippen molar-refractivity contribution in [3.05, 3.63) is 18.2 Å². The lowest BCUT2D eigenvalue weighted by molar-refractivity contribution is -0.122. The van der Waals surface area contributed by atoms with Crippen LogP contribution in [0.4, 0.5) is 11.4 Å². The number of hydrogen-bond acceptors (Lipinski definition) is 4. The lowest BCUT2D eigenvalue weighted by atomic mass is 10.1. The molecule has 0 fully saturated rings. The summed E-state index contributed by atoms with van der Waals surface area (Å²) < 4.78 is 5.64. The molecule has 0 aliphatic rings. The highest BCUT2D eigenvalue weighted by atomic mass is 16.5. The summed E-state index contributed by atoms with van der Waals surface area (Å²) in [5.41, 5.74) is 7.02. The normalized spacial score (nSPS) is 12.9. The van der Waals surface area contributed by atoms with Gasteiger partial charge in [0.2, 0.25) is 5.91 Å². The number of nitrogens with one attached hydrogen (secondary N) is 2. The summed E-state index contributed by atoms with van der Waals surface area (Å²) in [4.78, 5) is 12.1. The Hall–Kier alpha value is -1.91. The van der Waals surface area contributed by atoms with Gasteiger partial charge in [0, 0.05) is 17.3 Å². The van der Waals surface area contributed by atoms with Gasteiger partial charge in [0.15, 0.2) is 0 Å². The van der Waals surface area contributed by atoms with Crippen LogP contribution in [0.2, 0.25) is 0 Å². The summed E-state index contributed by atoms with van der Waals surface area (Å²) in [5, 5.41) is 6.10. The van der Waals surface area contributed by atoms with Crippen molar-refractivity contribution in [3.8, 4) is 5.75 Å². The molecule has 4 N–H and O–H groups in total. The van der Waals surface area contributed by atoms with Crippen LogP contribution in [0.25, 0.3) is 0 Å². The van der Waals surface area contributed by atoms with E-state index in [4.69, 9.17) is 10.5 Å². The van der Waals surface area contributed by atoms with Crippen molar-refractivity contribution < 1.29 is 9.53 Å². The SMILES string of the molecule is CC(C)Oc1cc(NC(C)C(=O)NC(C)(C)C)ccc1N. The maximum Gasteiger partial charge on any atom is 0.242 e. The Morgan fingerprint density at radius 3 is 2.38 bits per heavy atom. The van der Waals surface area contributed by atoms with Gasteiger partial charge in [-0.05, 0) is 53.7 Å². The van der Waals surface area contributed by atoms with Crippen LogP contribution in [-0.2, 0) is 4.79 Å². The van der Waals surface area contributed by atoms with Crippen LogP contribution in [0, 0.1) is 0 Å². The summed E-state index contributed by atoms with van der Waals surface area (Å²) in [6.07, 6.45) is 0.0455. The number of nitrogen functional groups attached to an aromatic ring is 1. The molecule has 5 heteroatoms. The minimum absolute atomic E-state index is 0.0455. The Labute approximate surface area is 127 Å². The first-order valence-corrected chi connectivity index (χ1v) is 7.23. The number of benzene rings is 1. The molecule has 0 saturated carbocycles. The molecule has 118 valence electrons. The van der Waals surface area contributed by atoms with Crippen LogP contribution in [-0.4, -0.2) is 23.6 Å². The highest BCUT2D eigenvalue weighted by molar-refractivity contribution is 5.85. The van der Waals surface area contributed by atoms with Gasteiger partial charge in [-0.1, -0.05) is 0 Å². The van der Waals surface area contributed by atoms with E-state index in [-0.39, 0.29) is 23.6 Å². The third-order valence-corrected chi connectivity index (χ3v) is 2.65. The molecular formula is C16H27N3O2. The minimum Gasteiger partial charge on any atom is -0.489 e. The van der Waals surface area contributed by atoms with Crippen molar-refractivity contribution in [2.75, 3.05) is 11.1 Å². The van der Waals surface area contributed by atoms with E-state index in [0.717, 1.165) is 5.69 Å². The first kappa shape index (κ1) is 17.1. The summed E-state index contributed by atoms with van der Waals surface area (Å²) in [5.74, 6) is 0.573. The Morgan fingerprint density at radius 2 is 1.86 bits per heavy atom. The van der Waals surface area contributed by atoms with E-state index >= 15 is 0 Å². The zero-order valence-electron chi connectivity index (χ0n) is 13.8. The average Bonchev–Trinajstić information content (AvgIpc) is 2.30. The second-order valence-corrected chi connectivity index (χ2v) is 6.52. The fraction of sp³-hybridized carbons (Fsp3) is 0.562. The van der Waals surface area contributed by atoms with Crippen LogP contribution in [0.5, 0.6) is 5.75 Å². The third-order valence-electron chi connectivity index (χ3n) is 2.65. The van der Waals surface area contributed by atoms with Gasteiger partial charge < -0.3 is 21.1 Å². The first-order chi connectivity index (χ1) is 9.58. The van der Waals surface area contributed by atoms with Gasteiger partial charge >= 0.3 is 0 Å². The highest BCUT2D eigenvalue weighted by Crippen LogP contribution is 2.26. The van der Waals surface area contributed by atoms with Crippen LogP contribution < -0.4 is 21.1 Å². The molecule has 1 rings (SSSR count). The molecule has 21 heavy (non-hydrogen) atoms. The van der Waals surface area contributed by atoms with Crippen LogP contribution in [0.1, 0.15) is 41.5 Å². The molecule has 1 aromatic carbocycles. The summed E-state index contributed by atoms with van der Waals surface area (Å²) in [6, 6.07) is 5.08.